The van der Waals surface area contributed by atoms with Crippen LogP contribution in [0.2, 0.25) is 0 Å². The van der Waals surface area contributed by atoms with Crippen LogP contribution in [0.5, 0.6) is 0 Å². The molecule has 0 aromatic carbocycles. The zero-order chi connectivity index (χ0) is 16.4. The lowest BCUT2D eigenvalue weighted by Gasteiger charge is -2.33. The molecule has 0 aliphatic carbocycles. The van der Waals surface area contributed by atoms with E-state index < -0.39 is 17.8 Å². The van der Waals surface area contributed by atoms with E-state index in [0.717, 1.165) is 12.3 Å². The van der Waals surface area contributed by atoms with Crippen LogP contribution in [0.3, 0.4) is 0 Å². The van der Waals surface area contributed by atoms with E-state index in [2.05, 4.69) is 15.0 Å². The van der Waals surface area contributed by atoms with Gasteiger partial charge in [-0.3, -0.25) is 4.98 Å². The second-order valence-corrected chi connectivity index (χ2v) is 5.04. The lowest BCUT2D eigenvalue weighted by Crippen LogP contribution is -2.39. The first-order valence-corrected chi connectivity index (χ1v) is 6.91. The second-order valence-electron chi connectivity index (χ2n) is 5.04. The summed E-state index contributed by atoms with van der Waals surface area (Å²) >= 11 is 0. The number of rotatable bonds is 2. The molecule has 2 aromatic heterocycles. The number of nitrogens with two attached hydrogens (primary N) is 1. The highest BCUT2D eigenvalue weighted by Crippen LogP contribution is 2.30. The van der Waals surface area contributed by atoms with Gasteiger partial charge in [-0.25, -0.2) is 9.97 Å². The molecule has 1 aliphatic rings. The Labute approximate surface area is 130 Å². The fourth-order valence-electron chi connectivity index (χ4n) is 2.37. The van der Waals surface area contributed by atoms with Gasteiger partial charge >= 0.3 is 6.18 Å². The summed E-state index contributed by atoms with van der Waals surface area (Å²) in [5.41, 5.74) is 5.53. The van der Waals surface area contributed by atoms with Crippen molar-refractivity contribution in [2.24, 2.45) is 0 Å². The Kier molecular flexibility index (Phi) is 4.03. The van der Waals surface area contributed by atoms with E-state index in [-0.39, 0.29) is 5.82 Å². The van der Waals surface area contributed by atoms with Crippen LogP contribution < -0.4 is 10.6 Å². The Balaban J connectivity index is 1.77. The van der Waals surface area contributed by atoms with Crippen molar-refractivity contribution in [3.63, 3.8) is 0 Å². The molecule has 122 valence electrons. The van der Waals surface area contributed by atoms with Crippen LogP contribution >= 0.6 is 0 Å². The lowest BCUT2D eigenvalue weighted by molar-refractivity contribution is -0.137. The van der Waals surface area contributed by atoms with E-state index >= 15 is 0 Å². The summed E-state index contributed by atoms with van der Waals surface area (Å²) in [5, 5.41) is 0. The number of ether oxygens (including phenoxy) is 1. The minimum absolute atomic E-state index is 0.278. The molecule has 0 spiro atoms. The third-order valence-electron chi connectivity index (χ3n) is 3.53. The smallest absolute Gasteiger partial charge is 0.382 e. The zero-order valence-electron chi connectivity index (χ0n) is 12.0. The van der Waals surface area contributed by atoms with Crippen LogP contribution in [-0.2, 0) is 10.9 Å². The summed E-state index contributed by atoms with van der Waals surface area (Å²) in [4.78, 5) is 13.9. The standard InChI is InChI=1S/C14H14F3N5O/c15-14(16,17)9-1-2-11(21-7-9)22-5-6-23-10(8-22)12-13(18)20-4-3-19-12/h1-4,7,10H,5-6,8H2,(H2,18,20)/t10-/m1/s1. The first-order chi connectivity index (χ1) is 10.9. The maximum absolute atomic E-state index is 12.6. The Morgan fingerprint density at radius 2 is 1.96 bits per heavy atom. The van der Waals surface area contributed by atoms with Crippen LogP contribution in [0.25, 0.3) is 0 Å². The summed E-state index contributed by atoms with van der Waals surface area (Å²) in [6.45, 7) is 1.31. The average molecular weight is 325 g/mol. The molecule has 6 nitrogen and oxygen atoms in total. The largest absolute Gasteiger partial charge is 0.417 e. The van der Waals surface area contributed by atoms with Gasteiger partial charge in [0.1, 0.15) is 23.4 Å². The van der Waals surface area contributed by atoms with Crippen LogP contribution in [0, 0.1) is 0 Å². The van der Waals surface area contributed by atoms with Crippen molar-refractivity contribution in [2.75, 3.05) is 30.3 Å². The van der Waals surface area contributed by atoms with Crippen LogP contribution in [0.1, 0.15) is 17.4 Å². The van der Waals surface area contributed by atoms with E-state index in [1.54, 1.807) is 0 Å². The highest BCUT2D eigenvalue weighted by Gasteiger charge is 2.31. The molecule has 0 saturated carbocycles. The molecule has 0 unspecified atom stereocenters. The number of alkyl halides is 3. The normalized spacial score (nSPS) is 18.9. The predicted molar refractivity (Wildman–Crippen MR) is 76.6 cm³/mol. The monoisotopic (exact) mass is 325 g/mol. The molecule has 9 heteroatoms. The maximum Gasteiger partial charge on any atom is 0.417 e. The molecular formula is C14H14F3N5O. The van der Waals surface area contributed by atoms with Crippen molar-refractivity contribution in [1.82, 2.24) is 15.0 Å². The first kappa shape index (κ1) is 15.5. The summed E-state index contributed by atoms with van der Waals surface area (Å²) in [6.07, 6.45) is -0.966. The van der Waals surface area contributed by atoms with E-state index in [1.165, 1.54) is 18.5 Å². The Hall–Kier alpha value is -2.42. The number of morpholine rings is 1. The topological polar surface area (TPSA) is 77.2 Å². The molecule has 2 N–H and O–H groups in total. The van der Waals surface area contributed by atoms with Gasteiger partial charge in [-0.1, -0.05) is 0 Å². The maximum atomic E-state index is 12.6. The van der Waals surface area contributed by atoms with Crippen LogP contribution in [-0.4, -0.2) is 34.6 Å². The van der Waals surface area contributed by atoms with Crippen molar-refractivity contribution in [3.8, 4) is 0 Å². The van der Waals surface area contributed by atoms with Gasteiger partial charge in [0.15, 0.2) is 0 Å². The number of hydrogen-bond donors (Lipinski definition) is 1. The molecule has 1 atom stereocenters. The van der Waals surface area contributed by atoms with Crippen molar-refractivity contribution in [1.29, 1.82) is 0 Å². The van der Waals surface area contributed by atoms with Crippen molar-refractivity contribution < 1.29 is 17.9 Å². The SMILES string of the molecule is Nc1nccnc1[C@H]1CN(c2ccc(C(F)(F)F)cn2)CCO1. The first-order valence-electron chi connectivity index (χ1n) is 6.91. The van der Waals surface area contributed by atoms with E-state index in [9.17, 15) is 13.2 Å². The van der Waals surface area contributed by atoms with E-state index in [1.807, 2.05) is 4.90 Å². The van der Waals surface area contributed by atoms with E-state index in [0.29, 0.717) is 31.2 Å². The number of hydrogen-bond acceptors (Lipinski definition) is 6. The fraction of sp³-hybridized carbons (Fsp3) is 0.357. The second kappa shape index (κ2) is 5.99. The highest BCUT2D eigenvalue weighted by atomic mass is 19.4. The van der Waals surface area contributed by atoms with Gasteiger partial charge in [-0.15, -0.1) is 0 Å². The van der Waals surface area contributed by atoms with Gasteiger partial charge in [-0.05, 0) is 12.1 Å². The third kappa shape index (κ3) is 3.34. The van der Waals surface area contributed by atoms with Gasteiger partial charge < -0.3 is 15.4 Å². The lowest BCUT2D eigenvalue weighted by atomic mass is 10.2. The van der Waals surface area contributed by atoms with Gasteiger partial charge in [-0.2, -0.15) is 13.2 Å². The predicted octanol–water partition coefficient (Wildman–Crippen LogP) is 2.05. The minimum atomic E-state index is -4.40. The van der Waals surface area contributed by atoms with Crippen molar-refractivity contribution >= 4 is 11.6 Å². The van der Waals surface area contributed by atoms with Gasteiger partial charge in [0.05, 0.1) is 18.7 Å². The molecule has 3 rings (SSSR count). The Morgan fingerprint density at radius 3 is 2.61 bits per heavy atom. The molecule has 1 saturated heterocycles. The van der Waals surface area contributed by atoms with Gasteiger partial charge in [0, 0.05) is 25.1 Å². The molecule has 1 fully saturated rings. The molecule has 2 aromatic rings. The molecule has 23 heavy (non-hydrogen) atoms. The van der Waals surface area contributed by atoms with Gasteiger partial charge in [0.25, 0.3) is 0 Å². The Bertz CT molecular complexity index is 677. The minimum Gasteiger partial charge on any atom is -0.382 e. The molecule has 0 radical (unpaired) electrons. The number of nitrogen functional groups attached to an aromatic ring is 1. The van der Waals surface area contributed by atoms with Crippen LogP contribution in [0.15, 0.2) is 30.7 Å². The summed E-state index contributed by atoms with van der Waals surface area (Å²) < 4.78 is 43.4. The Morgan fingerprint density at radius 1 is 1.17 bits per heavy atom. The molecule has 0 bridgehead atoms. The van der Waals surface area contributed by atoms with Gasteiger partial charge in [0.2, 0.25) is 0 Å². The van der Waals surface area contributed by atoms with Crippen LogP contribution in [0.4, 0.5) is 24.8 Å². The number of aromatic nitrogens is 3. The molecule has 1 aliphatic heterocycles. The quantitative estimate of drug-likeness (QED) is 0.910. The van der Waals surface area contributed by atoms with Crippen molar-refractivity contribution in [3.05, 3.63) is 42.0 Å². The van der Waals surface area contributed by atoms with E-state index in [4.69, 9.17) is 10.5 Å². The third-order valence-corrected chi connectivity index (χ3v) is 3.53. The fourth-order valence-corrected chi connectivity index (χ4v) is 2.37. The number of anilines is 2. The number of pyridine rings is 1. The number of halogens is 3. The zero-order valence-corrected chi connectivity index (χ0v) is 12.0. The van der Waals surface area contributed by atoms with Crippen molar-refractivity contribution in [2.45, 2.75) is 12.3 Å². The molecular weight excluding hydrogens is 311 g/mol. The highest BCUT2D eigenvalue weighted by molar-refractivity contribution is 5.42. The number of nitrogens with zero attached hydrogens (tertiary/aromatic N) is 4. The molecule has 0 amide bonds. The molecule has 3 heterocycles. The average Bonchev–Trinajstić information content (AvgIpc) is 2.55. The summed E-state index contributed by atoms with van der Waals surface area (Å²) in [6, 6.07) is 2.37. The summed E-state index contributed by atoms with van der Waals surface area (Å²) in [5.74, 6) is 0.730. The summed E-state index contributed by atoms with van der Waals surface area (Å²) in [7, 11) is 0.